The van der Waals surface area contributed by atoms with E-state index in [1.54, 1.807) is 0 Å². The van der Waals surface area contributed by atoms with Gasteiger partial charge in [0, 0.05) is 6.42 Å². The summed E-state index contributed by atoms with van der Waals surface area (Å²) in [7, 11) is 0. The fourth-order valence-corrected chi connectivity index (χ4v) is 3.03. The minimum atomic E-state index is 0.134. The van der Waals surface area contributed by atoms with Crippen molar-refractivity contribution in [1.29, 1.82) is 0 Å². The first-order chi connectivity index (χ1) is 9.25. The van der Waals surface area contributed by atoms with E-state index in [-0.39, 0.29) is 11.7 Å². The smallest absolute Gasteiger partial charge is 0.176 e. The number of rotatable bonds is 3. The molecule has 1 aromatic carbocycles. The molecule has 1 unspecified atom stereocenters. The van der Waals surface area contributed by atoms with Crippen LogP contribution in [0.15, 0.2) is 24.3 Å². The Labute approximate surface area is 115 Å². The van der Waals surface area contributed by atoms with Crippen LogP contribution in [-0.2, 0) is 0 Å². The Hall–Kier alpha value is -1.75. The van der Waals surface area contributed by atoms with Crippen LogP contribution in [0.3, 0.4) is 0 Å². The van der Waals surface area contributed by atoms with Crippen molar-refractivity contribution >= 4 is 17.3 Å². The second-order valence-electron chi connectivity index (χ2n) is 4.69. The summed E-state index contributed by atoms with van der Waals surface area (Å²) in [5.41, 5.74) is 1.87. The first kappa shape index (κ1) is 12.3. The van der Waals surface area contributed by atoms with Gasteiger partial charge in [0.1, 0.15) is 10.6 Å². The molecule has 0 bridgehead atoms. The minimum Gasteiger partial charge on any atom is -0.493 e. The molecule has 5 heteroatoms. The number of nitrogens with zero attached hydrogens (tertiary/aromatic N) is 2. The number of aryl methyl sites for hydroxylation is 1. The molecule has 2 heterocycles. The third-order valence-corrected chi connectivity index (χ3v) is 4.29. The highest BCUT2D eigenvalue weighted by Crippen LogP contribution is 2.36. The largest absolute Gasteiger partial charge is 0.493 e. The highest BCUT2D eigenvalue weighted by molar-refractivity contribution is 7.08. The second-order valence-corrected chi connectivity index (χ2v) is 5.44. The number of ketones is 1. The summed E-state index contributed by atoms with van der Waals surface area (Å²) in [4.78, 5) is 13.0. The van der Waals surface area contributed by atoms with Crippen molar-refractivity contribution in [2.24, 2.45) is 0 Å². The third kappa shape index (κ3) is 2.38. The molecule has 0 saturated heterocycles. The van der Waals surface area contributed by atoms with E-state index in [1.807, 2.05) is 31.2 Å². The molecule has 0 N–H and O–H groups in total. The molecule has 1 aliphatic rings. The second kappa shape index (κ2) is 5.09. The number of carbonyl (C=O) groups excluding carboxylic acids is 1. The van der Waals surface area contributed by atoms with E-state index in [9.17, 15) is 4.79 Å². The van der Waals surface area contributed by atoms with Crippen molar-refractivity contribution in [2.45, 2.75) is 25.7 Å². The Morgan fingerprint density at radius 2 is 2.32 bits per heavy atom. The molecule has 1 aliphatic heterocycles. The fourth-order valence-electron chi connectivity index (χ4n) is 2.43. The van der Waals surface area contributed by atoms with E-state index < -0.39 is 0 Å². The van der Waals surface area contributed by atoms with Gasteiger partial charge in [0.15, 0.2) is 5.78 Å². The van der Waals surface area contributed by atoms with Crippen molar-refractivity contribution in [3.8, 4) is 5.75 Å². The average molecular weight is 274 g/mol. The van der Waals surface area contributed by atoms with Crippen molar-refractivity contribution < 1.29 is 9.53 Å². The SMILES string of the molecule is Cc1nnsc1C(=O)CC1CCOc2ccccc21. The molecule has 0 aliphatic carbocycles. The van der Waals surface area contributed by atoms with Gasteiger partial charge in [-0.3, -0.25) is 4.79 Å². The summed E-state index contributed by atoms with van der Waals surface area (Å²) in [5, 5.41) is 3.90. The van der Waals surface area contributed by atoms with Gasteiger partial charge in [0.05, 0.1) is 12.3 Å². The number of Topliss-reactive ketones (excluding diaryl/α,β-unsaturated/α-hetero) is 1. The predicted molar refractivity (Wildman–Crippen MR) is 72.9 cm³/mol. The van der Waals surface area contributed by atoms with E-state index in [1.165, 1.54) is 11.5 Å². The van der Waals surface area contributed by atoms with E-state index in [0.717, 1.165) is 23.4 Å². The van der Waals surface area contributed by atoms with Crippen molar-refractivity contribution in [2.75, 3.05) is 6.61 Å². The van der Waals surface area contributed by atoms with Gasteiger partial charge in [-0.1, -0.05) is 22.7 Å². The molecule has 1 atom stereocenters. The number of aromatic nitrogens is 2. The number of ether oxygens (including phenoxy) is 1. The Morgan fingerprint density at radius 3 is 3.11 bits per heavy atom. The lowest BCUT2D eigenvalue weighted by molar-refractivity contribution is 0.0969. The zero-order chi connectivity index (χ0) is 13.2. The predicted octanol–water partition coefficient (Wildman–Crippen LogP) is 2.99. The van der Waals surface area contributed by atoms with E-state index >= 15 is 0 Å². The van der Waals surface area contributed by atoms with E-state index in [4.69, 9.17) is 4.74 Å². The molecule has 0 amide bonds. The van der Waals surface area contributed by atoms with Crippen LogP contribution in [0, 0.1) is 6.92 Å². The highest BCUT2D eigenvalue weighted by atomic mass is 32.1. The quantitative estimate of drug-likeness (QED) is 0.807. The number of benzene rings is 1. The lowest BCUT2D eigenvalue weighted by Gasteiger charge is -2.25. The molecule has 4 nitrogen and oxygen atoms in total. The molecular formula is C14H14N2O2S. The molecule has 3 rings (SSSR count). The monoisotopic (exact) mass is 274 g/mol. The number of hydrogen-bond acceptors (Lipinski definition) is 5. The molecule has 1 aromatic heterocycles. The van der Waals surface area contributed by atoms with Gasteiger partial charge in [0.2, 0.25) is 0 Å². The summed E-state index contributed by atoms with van der Waals surface area (Å²) in [6, 6.07) is 7.96. The van der Waals surface area contributed by atoms with Crippen LogP contribution in [0.1, 0.15) is 39.7 Å². The maximum atomic E-state index is 12.3. The Bertz CT molecular complexity index is 609. The summed E-state index contributed by atoms with van der Waals surface area (Å²) < 4.78 is 9.44. The maximum absolute atomic E-state index is 12.3. The Kier molecular flexibility index (Phi) is 3.29. The topological polar surface area (TPSA) is 52.1 Å². The highest BCUT2D eigenvalue weighted by Gasteiger charge is 2.25. The van der Waals surface area contributed by atoms with E-state index in [0.29, 0.717) is 17.9 Å². The molecule has 19 heavy (non-hydrogen) atoms. The number of hydrogen-bond donors (Lipinski definition) is 0. The van der Waals surface area contributed by atoms with E-state index in [2.05, 4.69) is 9.59 Å². The van der Waals surface area contributed by atoms with Crippen LogP contribution in [0.4, 0.5) is 0 Å². The lowest BCUT2D eigenvalue weighted by Crippen LogP contribution is -2.17. The van der Waals surface area contributed by atoms with Gasteiger partial charge in [-0.15, -0.1) is 5.10 Å². The maximum Gasteiger partial charge on any atom is 0.176 e. The molecule has 0 fully saturated rings. The van der Waals surface area contributed by atoms with Crippen molar-refractivity contribution in [1.82, 2.24) is 9.59 Å². The molecule has 0 spiro atoms. The van der Waals surface area contributed by atoms with Crippen LogP contribution < -0.4 is 4.74 Å². The first-order valence-electron chi connectivity index (χ1n) is 6.29. The standard InChI is InChI=1S/C14H14N2O2S/c1-9-14(19-16-15-9)12(17)8-10-6-7-18-13-5-3-2-4-11(10)13/h2-5,10H,6-8H2,1H3. The van der Waals surface area contributed by atoms with Gasteiger partial charge in [0.25, 0.3) is 0 Å². The lowest BCUT2D eigenvalue weighted by atomic mass is 9.88. The summed E-state index contributed by atoms with van der Waals surface area (Å²) in [5.74, 6) is 1.28. The molecule has 0 saturated carbocycles. The van der Waals surface area contributed by atoms with Crippen LogP contribution in [0.25, 0.3) is 0 Å². The van der Waals surface area contributed by atoms with Crippen molar-refractivity contribution in [3.05, 3.63) is 40.4 Å². The molecular weight excluding hydrogens is 260 g/mol. The van der Waals surface area contributed by atoms with Gasteiger partial charge >= 0.3 is 0 Å². The van der Waals surface area contributed by atoms with Crippen LogP contribution in [-0.4, -0.2) is 22.0 Å². The Balaban J connectivity index is 1.82. The van der Waals surface area contributed by atoms with Crippen molar-refractivity contribution in [3.63, 3.8) is 0 Å². The van der Waals surface area contributed by atoms with Gasteiger partial charge in [-0.2, -0.15) is 0 Å². The number of para-hydroxylation sites is 1. The van der Waals surface area contributed by atoms with Gasteiger partial charge in [-0.25, -0.2) is 0 Å². The number of carbonyl (C=O) groups is 1. The zero-order valence-electron chi connectivity index (χ0n) is 10.6. The summed E-state index contributed by atoms with van der Waals surface area (Å²) >= 11 is 1.19. The molecule has 2 aromatic rings. The number of fused-ring (bicyclic) bond motifs is 1. The van der Waals surface area contributed by atoms with Crippen LogP contribution in [0.2, 0.25) is 0 Å². The van der Waals surface area contributed by atoms with Crippen LogP contribution >= 0.6 is 11.5 Å². The fraction of sp³-hybridized carbons (Fsp3) is 0.357. The molecule has 0 radical (unpaired) electrons. The first-order valence-corrected chi connectivity index (χ1v) is 7.07. The average Bonchev–Trinajstić information content (AvgIpc) is 2.85. The zero-order valence-corrected chi connectivity index (χ0v) is 11.4. The summed E-state index contributed by atoms with van der Waals surface area (Å²) in [6.45, 7) is 2.50. The van der Waals surface area contributed by atoms with Crippen LogP contribution in [0.5, 0.6) is 5.75 Å². The normalized spacial score (nSPS) is 17.6. The Morgan fingerprint density at radius 1 is 1.47 bits per heavy atom. The van der Waals surface area contributed by atoms with Gasteiger partial charge in [-0.05, 0) is 42.4 Å². The third-order valence-electron chi connectivity index (χ3n) is 3.42. The molecule has 98 valence electrons. The minimum absolute atomic E-state index is 0.134. The summed E-state index contributed by atoms with van der Waals surface area (Å²) in [6.07, 6.45) is 1.39. The van der Waals surface area contributed by atoms with Gasteiger partial charge < -0.3 is 4.74 Å².